The zero-order chi connectivity index (χ0) is 35.5. The Morgan fingerprint density at radius 1 is 0.915 bits per heavy atom. The second-order valence-corrected chi connectivity index (χ2v) is 15.6. The minimum Gasteiger partial charge on any atom is -0.459 e. The van der Waals surface area contributed by atoms with Crippen LogP contribution in [0.1, 0.15) is 108 Å². The number of carbonyl (C=O) groups excluding carboxylic acids is 1. The van der Waals surface area contributed by atoms with Gasteiger partial charge in [-0.25, -0.2) is 0 Å². The van der Waals surface area contributed by atoms with Crippen LogP contribution in [0.2, 0.25) is 0 Å². The molecule has 0 unspecified atom stereocenters. The van der Waals surface area contributed by atoms with E-state index in [9.17, 15) is 25.2 Å². The van der Waals surface area contributed by atoms with Crippen molar-refractivity contribution < 1.29 is 53.6 Å². The van der Waals surface area contributed by atoms with Crippen LogP contribution in [0.3, 0.4) is 0 Å². The van der Waals surface area contributed by atoms with Crippen LogP contribution in [-0.2, 0) is 33.2 Å². The summed E-state index contributed by atoms with van der Waals surface area (Å²) >= 11 is 0. The van der Waals surface area contributed by atoms with E-state index in [-0.39, 0.29) is 31.0 Å². The lowest BCUT2D eigenvalue weighted by molar-refractivity contribution is -0.303. The summed E-state index contributed by atoms with van der Waals surface area (Å²) in [5.41, 5.74) is -3.75. The third kappa shape index (κ3) is 10.1. The predicted octanol–water partition coefficient (Wildman–Crippen LogP) is 3.05. The average molecular weight is 676 g/mol. The van der Waals surface area contributed by atoms with Crippen molar-refractivity contribution in [2.45, 2.75) is 186 Å². The molecule has 0 spiro atoms. The van der Waals surface area contributed by atoms with Crippen LogP contribution in [0, 0.1) is 17.8 Å². The molecule has 3 aliphatic rings. The molecule has 16 atom stereocenters. The minimum absolute atomic E-state index is 0.106. The summed E-state index contributed by atoms with van der Waals surface area (Å²) in [5, 5.41) is 49.2. The molecule has 0 bridgehead atoms. The molecule has 5 N–H and O–H groups in total. The maximum Gasteiger partial charge on any atom is 0.311 e. The highest BCUT2D eigenvalue weighted by Gasteiger charge is 2.50. The van der Waals surface area contributed by atoms with Gasteiger partial charge in [0.05, 0.1) is 41.5 Å². The molecule has 0 aromatic carbocycles. The highest BCUT2D eigenvalue weighted by atomic mass is 16.7. The van der Waals surface area contributed by atoms with Crippen LogP contribution >= 0.6 is 0 Å². The first-order chi connectivity index (χ1) is 21.7. The summed E-state index contributed by atoms with van der Waals surface area (Å²) in [6.45, 7) is 18.5. The molecule has 3 rings (SSSR count). The van der Waals surface area contributed by atoms with Gasteiger partial charge in [0.2, 0.25) is 0 Å². The maximum atomic E-state index is 14.0. The number of carbonyl (C=O) groups is 1. The molecule has 0 saturated carbocycles. The van der Waals surface area contributed by atoms with Gasteiger partial charge in [-0.15, -0.1) is 0 Å². The Labute approximate surface area is 282 Å². The van der Waals surface area contributed by atoms with Crippen molar-refractivity contribution in [1.29, 1.82) is 0 Å². The number of nitrogens with one attached hydrogen (secondary N) is 1. The average Bonchev–Trinajstić information content (AvgIpc) is 2.99. The Bertz CT molecular complexity index is 997. The van der Waals surface area contributed by atoms with E-state index in [1.165, 1.54) is 6.92 Å². The quantitative estimate of drug-likeness (QED) is 0.262. The number of esters is 1. The van der Waals surface area contributed by atoms with Gasteiger partial charge in [0, 0.05) is 31.9 Å². The molecule has 0 aliphatic carbocycles. The van der Waals surface area contributed by atoms with Crippen molar-refractivity contribution in [2.24, 2.45) is 17.8 Å². The molecule has 3 saturated heterocycles. The lowest BCUT2D eigenvalue weighted by atomic mass is 9.77. The standard InChI is InChI=1S/C35H65NO11/c1-12-26-35(10,41)29(38)24(7)36-18-19(2)15-34(9,40)30(47-32-25(37)14-13-20(3)44-32)22(5)28(23(6)31(39)45-26)46-27-17-33(8,42-11)16-21(4)43-27/h19-30,32,36-38,40-41H,12-18H2,1-11H3/t19-,20-,21+,22+,23-,24-,25-,26-,27+,28+,29-,30-,32+,33+,34-,35-/m1/s1. The second-order valence-electron chi connectivity index (χ2n) is 15.6. The summed E-state index contributed by atoms with van der Waals surface area (Å²) in [7, 11) is 1.65. The Balaban J connectivity index is 2.10. The molecule has 276 valence electrons. The Hall–Kier alpha value is -0.930. The summed E-state index contributed by atoms with van der Waals surface area (Å²) in [4.78, 5) is 14.0. The molecule has 0 amide bonds. The van der Waals surface area contributed by atoms with E-state index < -0.39 is 83.7 Å². The van der Waals surface area contributed by atoms with Crippen LogP contribution < -0.4 is 5.32 Å². The van der Waals surface area contributed by atoms with E-state index in [0.29, 0.717) is 32.2 Å². The van der Waals surface area contributed by atoms with Gasteiger partial charge in [-0.05, 0) is 86.6 Å². The lowest BCUT2D eigenvalue weighted by Gasteiger charge is -2.47. The van der Waals surface area contributed by atoms with E-state index in [2.05, 4.69) is 5.32 Å². The van der Waals surface area contributed by atoms with Crippen molar-refractivity contribution in [3.05, 3.63) is 0 Å². The van der Waals surface area contributed by atoms with Gasteiger partial charge in [-0.3, -0.25) is 4.79 Å². The predicted molar refractivity (Wildman–Crippen MR) is 175 cm³/mol. The van der Waals surface area contributed by atoms with Crippen molar-refractivity contribution in [2.75, 3.05) is 13.7 Å². The van der Waals surface area contributed by atoms with Crippen molar-refractivity contribution in [3.63, 3.8) is 0 Å². The van der Waals surface area contributed by atoms with Gasteiger partial charge < -0.3 is 54.2 Å². The molecule has 47 heavy (non-hydrogen) atoms. The first-order valence-electron chi connectivity index (χ1n) is 17.7. The fraction of sp³-hybridized carbons (Fsp3) is 0.971. The van der Waals surface area contributed by atoms with E-state index >= 15 is 0 Å². The highest BCUT2D eigenvalue weighted by molar-refractivity contribution is 5.73. The number of aliphatic hydroxyl groups is 4. The third-order valence-electron chi connectivity index (χ3n) is 10.7. The molecule has 0 radical (unpaired) electrons. The monoisotopic (exact) mass is 675 g/mol. The number of hydrogen-bond donors (Lipinski definition) is 5. The van der Waals surface area contributed by atoms with Gasteiger partial charge in [0.15, 0.2) is 12.6 Å². The van der Waals surface area contributed by atoms with Gasteiger partial charge in [0.25, 0.3) is 0 Å². The maximum absolute atomic E-state index is 14.0. The van der Waals surface area contributed by atoms with E-state index in [0.717, 1.165) is 0 Å². The van der Waals surface area contributed by atoms with Crippen LogP contribution in [0.25, 0.3) is 0 Å². The zero-order valence-corrected chi connectivity index (χ0v) is 30.6. The number of rotatable bonds is 6. The zero-order valence-electron chi connectivity index (χ0n) is 30.6. The molecule has 12 heteroatoms. The van der Waals surface area contributed by atoms with Crippen LogP contribution in [0.4, 0.5) is 0 Å². The number of hydrogen-bond acceptors (Lipinski definition) is 12. The molecule has 12 nitrogen and oxygen atoms in total. The Morgan fingerprint density at radius 3 is 2.19 bits per heavy atom. The first kappa shape index (κ1) is 40.5. The number of methoxy groups -OCH3 is 1. The second kappa shape index (κ2) is 16.4. The van der Waals surface area contributed by atoms with E-state index in [4.69, 9.17) is 28.4 Å². The number of cyclic esters (lactones) is 1. The smallest absolute Gasteiger partial charge is 0.311 e. The molecule has 0 aromatic rings. The minimum atomic E-state index is -1.76. The van der Waals surface area contributed by atoms with Crippen molar-refractivity contribution in [1.82, 2.24) is 5.32 Å². The molecule has 3 heterocycles. The van der Waals surface area contributed by atoms with E-state index in [1.807, 2.05) is 34.6 Å². The lowest BCUT2D eigenvalue weighted by Crippen LogP contribution is -2.59. The Morgan fingerprint density at radius 2 is 1.57 bits per heavy atom. The summed E-state index contributed by atoms with van der Waals surface area (Å²) < 4.78 is 37.3. The fourth-order valence-corrected chi connectivity index (χ4v) is 7.81. The molecular formula is C35H65NO11. The van der Waals surface area contributed by atoms with Crippen molar-refractivity contribution in [3.8, 4) is 0 Å². The van der Waals surface area contributed by atoms with Crippen LogP contribution in [0.15, 0.2) is 0 Å². The first-order valence-corrected chi connectivity index (χ1v) is 17.7. The SMILES string of the molecule is CC[C@H]1OC(=O)[C@H](C)[C@@H](O[C@H]2C[C@@](C)(OC)C[C@H](C)O2)[C@H](C)[C@@H](O[C@@H]2O[C@H](C)CC[C@H]2O)[C@](C)(O)C[C@@H](C)CN[C@H](C)[C@@H](O)[C@]1(C)O. The van der Waals surface area contributed by atoms with Gasteiger partial charge in [-0.1, -0.05) is 20.8 Å². The number of ether oxygens (including phenoxy) is 6. The van der Waals surface area contributed by atoms with Crippen LogP contribution in [-0.4, -0.2) is 118 Å². The normalized spacial score (nSPS) is 49.9. The van der Waals surface area contributed by atoms with Gasteiger partial charge >= 0.3 is 5.97 Å². The van der Waals surface area contributed by atoms with E-state index in [1.54, 1.807) is 34.8 Å². The van der Waals surface area contributed by atoms with Crippen molar-refractivity contribution >= 4 is 5.97 Å². The summed E-state index contributed by atoms with van der Waals surface area (Å²) in [5.74, 6) is -2.31. The fourth-order valence-electron chi connectivity index (χ4n) is 7.81. The van der Waals surface area contributed by atoms with Gasteiger partial charge in [-0.2, -0.15) is 0 Å². The largest absolute Gasteiger partial charge is 0.459 e. The molecular weight excluding hydrogens is 610 g/mol. The molecule has 0 aromatic heterocycles. The molecule has 3 aliphatic heterocycles. The van der Waals surface area contributed by atoms with Gasteiger partial charge in [0.1, 0.15) is 23.9 Å². The topological polar surface area (TPSA) is 165 Å². The summed E-state index contributed by atoms with van der Waals surface area (Å²) in [6.07, 6.45) is -4.33. The highest BCUT2D eigenvalue weighted by Crippen LogP contribution is 2.39. The third-order valence-corrected chi connectivity index (χ3v) is 10.7. The van der Waals surface area contributed by atoms with Crippen LogP contribution in [0.5, 0.6) is 0 Å². The number of aliphatic hydroxyl groups excluding tert-OH is 2. The Kier molecular flexibility index (Phi) is 14.1. The summed E-state index contributed by atoms with van der Waals surface area (Å²) in [6, 6.07) is -0.553. The molecule has 3 fully saturated rings.